The van der Waals surface area contributed by atoms with Gasteiger partial charge in [0.1, 0.15) is 6.54 Å². The fourth-order valence-electron chi connectivity index (χ4n) is 2.75. The van der Waals surface area contributed by atoms with Crippen molar-refractivity contribution < 1.29 is 4.90 Å². The molecule has 120 valence electrons. The largest absolute Gasteiger partial charge is 0.315 e. The molecule has 23 heavy (non-hydrogen) atoms. The van der Waals surface area contributed by atoms with Crippen LogP contribution in [0.4, 0.5) is 0 Å². The molecule has 2 aromatic heterocycles. The van der Waals surface area contributed by atoms with E-state index >= 15 is 0 Å². The molecule has 1 aromatic carbocycles. The zero-order valence-corrected chi connectivity index (χ0v) is 14.7. The minimum Gasteiger partial charge on any atom is -0.315 e. The molecule has 0 saturated carbocycles. The van der Waals surface area contributed by atoms with Gasteiger partial charge in [-0.05, 0) is 35.8 Å². The number of aromatic nitrogens is 3. The van der Waals surface area contributed by atoms with Crippen LogP contribution in [0.5, 0.6) is 0 Å². The molecule has 0 aliphatic heterocycles. The smallest absolute Gasteiger partial charge is 0.207 e. The molecule has 2 heterocycles. The van der Waals surface area contributed by atoms with Crippen molar-refractivity contribution >= 4 is 17.9 Å². The highest BCUT2D eigenvalue weighted by Crippen LogP contribution is 2.14. The zero-order valence-electron chi connectivity index (χ0n) is 13.9. The van der Waals surface area contributed by atoms with Gasteiger partial charge >= 0.3 is 0 Å². The van der Waals surface area contributed by atoms with Crippen molar-refractivity contribution in [3.63, 3.8) is 0 Å². The van der Waals surface area contributed by atoms with Crippen LogP contribution in [0.15, 0.2) is 48.7 Å². The quantitative estimate of drug-likeness (QED) is 0.729. The predicted molar refractivity (Wildman–Crippen MR) is 95.1 cm³/mol. The minimum absolute atomic E-state index is 0.574. The van der Waals surface area contributed by atoms with Gasteiger partial charge in [-0.25, -0.2) is 0 Å². The summed E-state index contributed by atoms with van der Waals surface area (Å²) >= 11 is 5.51. The number of hydrogen-bond donors (Lipinski definition) is 1. The van der Waals surface area contributed by atoms with Gasteiger partial charge in [-0.2, -0.15) is 4.68 Å². The van der Waals surface area contributed by atoms with Crippen LogP contribution in [-0.4, -0.2) is 21.2 Å². The molecule has 1 N–H and O–H groups in total. The number of benzene rings is 1. The standard InChI is InChI=1S/C18H22N4S/c1-14(2)16-9-7-15(8-10-16)12-20(3)13-22-18(23)21-11-5-4-6-17(21)19-22/h4-11,14H,12-13H2,1-3H3/p+1. The maximum absolute atomic E-state index is 5.51. The number of nitrogens with zero attached hydrogens (tertiary/aromatic N) is 3. The number of fused-ring (bicyclic) bond motifs is 1. The van der Waals surface area contributed by atoms with E-state index in [1.807, 2.05) is 33.5 Å². The number of pyridine rings is 1. The van der Waals surface area contributed by atoms with Crippen LogP contribution >= 0.6 is 12.2 Å². The van der Waals surface area contributed by atoms with Crippen molar-refractivity contribution in [2.75, 3.05) is 7.05 Å². The van der Waals surface area contributed by atoms with Crippen LogP contribution in [0.2, 0.25) is 0 Å². The molecule has 3 aromatic rings. The Morgan fingerprint density at radius 2 is 1.87 bits per heavy atom. The average molecular weight is 327 g/mol. The Kier molecular flexibility index (Phi) is 4.59. The van der Waals surface area contributed by atoms with Crippen LogP contribution in [0.1, 0.15) is 30.9 Å². The first-order chi connectivity index (χ1) is 11.0. The van der Waals surface area contributed by atoms with Gasteiger partial charge in [0.25, 0.3) is 0 Å². The molecule has 0 fully saturated rings. The lowest BCUT2D eigenvalue weighted by molar-refractivity contribution is -0.917. The second-order valence-corrected chi connectivity index (χ2v) is 6.76. The second kappa shape index (κ2) is 6.64. The fraction of sp³-hybridized carbons (Fsp3) is 0.333. The highest BCUT2D eigenvalue weighted by atomic mass is 32.1. The van der Waals surface area contributed by atoms with Crippen molar-refractivity contribution in [2.45, 2.75) is 33.0 Å². The molecule has 0 aliphatic carbocycles. The normalized spacial score (nSPS) is 12.9. The minimum atomic E-state index is 0.574. The molecular formula is C18H23N4S+. The summed E-state index contributed by atoms with van der Waals surface area (Å²) in [6.45, 7) is 6.15. The highest BCUT2D eigenvalue weighted by molar-refractivity contribution is 7.71. The van der Waals surface area contributed by atoms with Crippen molar-refractivity contribution in [2.24, 2.45) is 0 Å². The van der Waals surface area contributed by atoms with Gasteiger partial charge in [0.15, 0.2) is 12.3 Å². The molecule has 0 amide bonds. The van der Waals surface area contributed by atoms with Crippen LogP contribution < -0.4 is 4.90 Å². The van der Waals surface area contributed by atoms with Crippen molar-refractivity contribution in [1.82, 2.24) is 14.2 Å². The Morgan fingerprint density at radius 3 is 2.52 bits per heavy atom. The Balaban J connectivity index is 1.72. The van der Waals surface area contributed by atoms with Gasteiger partial charge in [-0.1, -0.05) is 44.2 Å². The summed E-state index contributed by atoms with van der Waals surface area (Å²) in [4.78, 5) is 1.35. The molecular weight excluding hydrogens is 304 g/mol. The van der Waals surface area contributed by atoms with Gasteiger partial charge in [-0.3, -0.25) is 4.40 Å². The maximum Gasteiger partial charge on any atom is 0.207 e. The van der Waals surface area contributed by atoms with E-state index in [0.717, 1.165) is 23.6 Å². The topological polar surface area (TPSA) is 26.7 Å². The summed E-state index contributed by atoms with van der Waals surface area (Å²) in [5, 5.41) is 4.59. The molecule has 1 atom stereocenters. The molecule has 3 rings (SSSR count). The lowest BCUT2D eigenvalue weighted by Gasteiger charge is -2.14. The second-order valence-electron chi connectivity index (χ2n) is 6.40. The van der Waals surface area contributed by atoms with E-state index in [1.165, 1.54) is 16.0 Å². The molecule has 0 spiro atoms. The molecule has 0 saturated heterocycles. The van der Waals surface area contributed by atoms with Crippen LogP contribution in [0.25, 0.3) is 5.65 Å². The zero-order chi connectivity index (χ0) is 16.4. The van der Waals surface area contributed by atoms with E-state index in [2.05, 4.69) is 50.3 Å². The number of nitrogens with one attached hydrogen (secondary N) is 1. The predicted octanol–water partition coefficient (Wildman–Crippen LogP) is 2.66. The van der Waals surface area contributed by atoms with Gasteiger partial charge in [0, 0.05) is 11.8 Å². The van der Waals surface area contributed by atoms with Crippen molar-refractivity contribution in [3.05, 3.63) is 64.6 Å². The third-order valence-electron chi connectivity index (χ3n) is 4.06. The lowest BCUT2D eigenvalue weighted by atomic mass is 10.0. The van der Waals surface area contributed by atoms with Gasteiger partial charge in [0.2, 0.25) is 4.77 Å². The molecule has 5 heteroatoms. The van der Waals surface area contributed by atoms with E-state index in [-0.39, 0.29) is 0 Å². The summed E-state index contributed by atoms with van der Waals surface area (Å²) in [6, 6.07) is 14.8. The van der Waals surface area contributed by atoms with Crippen LogP contribution in [-0.2, 0) is 13.2 Å². The van der Waals surface area contributed by atoms with Gasteiger partial charge in [0.05, 0.1) is 7.05 Å². The SMILES string of the molecule is CC(C)c1ccc(C[NH+](C)Cn2nc3ccccn3c2=S)cc1. The maximum atomic E-state index is 5.51. The van der Waals surface area contributed by atoms with Crippen LogP contribution in [0.3, 0.4) is 0 Å². The fourth-order valence-corrected chi connectivity index (χ4v) is 3.01. The van der Waals surface area contributed by atoms with E-state index in [9.17, 15) is 0 Å². The Morgan fingerprint density at radius 1 is 1.13 bits per heavy atom. The van der Waals surface area contributed by atoms with Crippen LogP contribution in [0, 0.1) is 4.77 Å². The first-order valence-corrected chi connectivity index (χ1v) is 8.40. The van der Waals surface area contributed by atoms with Gasteiger partial charge < -0.3 is 4.90 Å². The molecule has 1 unspecified atom stereocenters. The number of rotatable bonds is 5. The number of quaternary nitrogens is 1. The molecule has 0 bridgehead atoms. The Hall–Kier alpha value is -1.98. The summed E-state index contributed by atoms with van der Waals surface area (Å²) in [5.74, 6) is 0.574. The first kappa shape index (κ1) is 15.9. The first-order valence-electron chi connectivity index (χ1n) is 7.99. The number of hydrogen-bond acceptors (Lipinski definition) is 2. The third-order valence-corrected chi connectivity index (χ3v) is 4.47. The Labute approximate surface area is 142 Å². The van der Waals surface area contributed by atoms with E-state index in [1.54, 1.807) is 0 Å². The van der Waals surface area contributed by atoms with E-state index in [0.29, 0.717) is 5.92 Å². The summed E-state index contributed by atoms with van der Waals surface area (Å²) < 4.78 is 4.60. The van der Waals surface area contributed by atoms with Gasteiger partial charge in [-0.15, -0.1) is 5.10 Å². The van der Waals surface area contributed by atoms with E-state index < -0.39 is 0 Å². The molecule has 0 aliphatic rings. The summed E-state index contributed by atoms with van der Waals surface area (Å²) in [5.41, 5.74) is 3.61. The van der Waals surface area contributed by atoms with Crippen molar-refractivity contribution in [1.29, 1.82) is 0 Å². The molecule has 4 nitrogen and oxygen atoms in total. The third kappa shape index (κ3) is 3.51. The monoisotopic (exact) mass is 327 g/mol. The van der Waals surface area contributed by atoms with Crippen molar-refractivity contribution in [3.8, 4) is 0 Å². The summed E-state index contributed by atoms with van der Waals surface area (Å²) in [7, 11) is 2.17. The average Bonchev–Trinajstić information content (AvgIpc) is 2.84. The molecule has 0 radical (unpaired) electrons. The lowest BCUT2D eigenvalue weighted by Crippen LogP contribution is -3.07. The highest BCUT2D eigenvalue weighted by Gasteiger charge is 2.09. The Bertz CT molecular complexity index is 845. The summed E-state index contributed by atoms with van der Waals surface area (Å²) in [6.07, 6.45) is 1.96. The van der Waals surface area contributed by atoms with E-state index in [4.69, 9.17) is 12.2 Å².